The summed E-state index contributed by atoms with van der Waals surface area (Å²) in [5, 5.41) is 9.13. The number of nitrogens with two attached hydrogens (primary N) is 1. The Kier molecular flexibility index (Phi) is 18.6. The Balaban J connectivity index is 0. The van der Waals surface area contributed by atoms with E-state index < -0.39 is 16.4 Å². The number of benzene rings is 1. The van der Waals surface area contributed by atoms with E-state index in [0.717, 1.165) is 23.6 Å². The standard InChI is InChI=1S/C12H24O2.C6H6ClN.H2O4S/c1-2-3-4-5-6-7-8-9-10-11-12(13)14;7-5-1-3-6(8)4-2-5;1-5(2,3)4/h2-11H2,1H3,(H,13,14);1-4H,8H2;(H2,1,2,3,4). The minimum Gasteiger partial charge on any atom is -0.481 e. The maximum absolute atomic E-state index is 10.2. The van der Waals surface area contributed by atoms with Crippen LogP contribution in [0, 0.1) is 0 Å². The van der Waals surface area contributed by atoms with Crippen molar-refractivity contribution in [3.63, 3.8) is 0 Å². The monoisotopic (exact) mass is 425 g/mol. The number of nitrogen functional groups attached to an aromatic ring is 1. The van der Waals surface area contributed by atoms with Crippen LogP contribution in [0.2, 0.25) is 5.02 Å². The van der Waals surface area contributed by atoms with Crippen LogP contribution >= 0.6 is 11.6 Å². The van der Waals surface area contributed by atoms with Gasteiger partial charge in [0, 0.05) is 17.1 Å². The van der Waals surface area contributed by atoms with Crippen molar-refractivity contribution in [1.82, 2.24) is 0 Å². The van der Waals surface area contributed by atoms with Crippen LogP contribution in [0.1, 0.15) is 71.1 Å². The van der Waals surface area contributed by atoms with E-state index in [2.05, 4.69) is 6.92 Å². The zero-order chi connectivity index (χ0) is 21.1. The van der Waals surface area contributed by atoms with Gasteiger partial charge in [-0.25, -0.2) is 0 Å². The Morgan fingerprint density at radius 2 is 1.30 bits per heavy atom. The first kappa shape index (κ1) is 27.9. The highest BCUT2D eigenvalue weighted by molar-refractivity contribution is 7.79. The Bertz CT molecular complexity index is 549. The second-order valence-electron chi connectivity index (χ2n) is 5.97. The summed E-state index contributed by atoms with van der Waals surface area (Å²) in [6, 6.07) is 7.05. The Hall–Kier alpha value is -1.35. The molecule has 0 aliphatic carbocycles. The van der Waals surface area contributed by atoms with E-state index in [9.17, 15) is 4.79 Å². The number of halogens is 1. The number of hydrogen-bond acceptors (Lipinski definition) is 4. The van der Waals surface area contributed by atoms with Gasteiger partial charge in [0.2, 0.25) is 0 Å². The zero-order valence-electron chi connectivity index (χ0n) is 15.8. The average molecular weight is 426 g/mol. The molecule has 0 aliphatic rings. The van der Waals surface area contributed by atoms with E-state index in [1.807, 2.05) is 0 Å². The fraction of sp³-hybridized carbons (Fsp3) is 0.611. The summed E-state index contributed by atoms with van der Waals surface area (Å²) in [5.41, 5.74) is 6.11. The topological polar surface area (TPSA) is 138 Å². The van der Waals surface area contributed by atoms with Crippen molar-refractivity contribution in [2.45, 2.75) is 71.1 Å². The number of unbranched alkanes of at least 4 members (excludes halogenated alkanes) is 8. The first-order valence-electron chi connectivity index (χ1n) is 8.99. The minimum absolute atomic E-state index is 0.343. The lowest BCUT2D eigenvalue weighted by molar-refractivity contribution is -0.137. The maximum Gasteiger partial charge on any atom is 0.394 e. The molecule has 1 rings (SSSR count). The second-order valence-corrected chi connectivity index (χ2v) is 7.30. The number of carboxylic acid groups (broad SMARTS) is 1. The predicted molar refractivity (Wildman–Crippen MR) is 110 cm³/mol. The number of carbonyl (C=O) groups is 1. The van der Waals surface area contributed by atoms with Gasteiger partial charge in [-0.05, 0) is 30.7 Å². The van der Waals surface area contributed by atoms with Gasteiger partial charge in [-0.2, -0.15) is 8.42 Å². The molecular weight excluding hydrogens is 394 g/mol. The van der Waals surface area contributed by atoms with E-state index in [0.29, 0.717) is 6.42 Å². The van der Waals surface area contributed by atoms with Crippen molar-refractivity contribution in [2.24, 2.45) is 0 Å². The molecule has 1 aromatic carbocycles. The first-order valence-corrected chi connectivity index (χ1v) is 10.8. The van der Waals surface area contributed by atoms with Crippen LogP contribution in [0.4, 0.5) is 5.69 Å². The van der Waals surface area contributed by atoms with Gasteiger partial charge in [0.15, 0.2) is 0 Å². The summed E-state index contributed by atoms with van der Waals surface area (Å²) in [7, 11) is -4.67. The summed E-state index contributed by atoms with van der Waals surface area (Å²) < 4.78 is 31.6. The van der Waals surface area contributed by atoms with Gasteiger partial charge in [-0.3, -0.25) is 13.9 Å². The number of rotatable bonds is 10. The highest BCUT2D eigenvalue weighted by Gasteiger charge is 1.96. The molecule has 0 aromatic heterocycles. The molecule has 0 atom stereocenters. The minimum atomic E-state index is -4.67. The molecule has 0 saturated carbocycles. The van der Waals surface area contributed by atoms with E-state index in [-0.39, 0.29) is 0 Å². The molecule has 0 radical (unpaired) electrons. The molecule has 0 aliphatic heterocycles. The molecule has 0 saturated heterocycles. The molecule has 27 heavy (non-hydrogen) atoms. The molecule has 0 amide bonds. The molecule has 9 heteroatoms. The summed E-state index contributed by atoms with van der Waals surface area (Å²) in [5.74, 6) is -0.659. The van der Waals surface area contributed by atoms with Crippen LogP contribution in [0.15, 0.2) is 24.3 Å². The molecule has 0 bridgehead atoms. The number of carboxylic acids is 1. The third-order valence-corrected chi connectivity index (χ3v) is 3.62. The molecule has 0 heterocycles. The summed E-state index contributed by atoms with van der Waals surface area (Å²) in [6.07, 6.45) is 11.5. The largest absolute Gasteiger partial charge is 0.481 e. The quantitative estimate of drug-likeness (QED) is 0.228. The highest BCUT2D eigenvalue weighted by atomic mass is 35.5. The van der Waals surface area contributed by atoms with Crippen molar-refractivity contribution >= 4 is 33.7 Å². The van der Waals surface area contributed by atoms with Crippen molar-refractivity contribution in [1.29, 1.82) is 0 Å². The molecule has 158 valence electrons. The molecule has 7 nitrogen and oxygen atoms in total. The van der Waals surface area contributed by atoms with Gasteiger partial charge in [0.05, 0.1) is 0 Å². The van der Waals surface area contributed by atoms with Gasteiger partial charge in [0.1, 0.15) is 0 Å². The number of aliphatic carboxylic acids is 1. The van der Waals surface area contributed by atoms with Gasteiger partial charge in [0.25, 0.3) is 0 Å². The fourth-order valence-corrected chi connectivity index (χ4v) is 2.18. The van der Waals surface area contributed by atoms with Gasteiger partial charge in [-0.15, -0.1) is 0 Å². The molecule has 5 N–H and O–H groups in total. The van der Waals surface area contributed by atoms with Gasteiger partial charge >= 0.3 is 16.4 Å². The number of hydrogen-bond donors (Lipinski definition) is 4. The number of anilines is 1. The molecule has 0 spiro atoms. The van der Waals surface area contributed by atoms with Crippen molar-refractivity contribution in [3.8, 4) is 0 Å². The fourth-order valence-electron chi connectivity index (χ4n) is 2.05. The van der Waals surface area contributed by atoms with Crippen LogP contribution in [-0.2, 0) is 15.2 Å². The van der Waals surface area contributed by atoms with Crippen LogP contribution in [0.25, 0.3) is 0 Å². The Morgan fingerprint density at radius 3 is 1.63 bits per heavy atom. The lowest BCUT2D eigenvalue weighted by Gasteiger charge is -2.00. The van der Waals surface area contributed by atoms with E-state index >= 15 is 0 Å². The second kappa shape index (κ2) is 18.0. The van der Waals surface area contributed by atoms with E-state index in [1.165, 1.54) is 44.9 Å². The predicted octanol–water partition coefficient (Wildman–Crippen LogP) is 5.26. The van der Waals surface area contributed by atoms with Crippen molar-refractivity contribution in [3.05, 3.63) is 29.3 Å². The third-order valence-electron chi connectivity index (χ3n) is 3.36. The summed E-state index contributed by atoms with van der Waals surface area (Å²) in [4.78, 5) is 10.2. The lowest BCUT2D eigenvalue weighted by atomic mass is 10.1. The highest BCUT2D eigenvalue weighted by Crippen LogP contribution is 2.10. The Morgan fingerprint density at radius 1 is 0.926 bits per heavy atom. The first-order chi connectivity index (χ1) is 12.6. The van der Waals surface area contributed by atoms with E-state index in [4.69, 9.17) is 40.0 Å². The Labute approximate surface area is 167 Å². The molecule has 1 aromatic rings. The van der Waals surface area contributed by atoms with E-state index in [1.54, 1.807) is 24.3 Å². The molecular formula is C18H32ClNO6S. The zero-order valence-corrected chi connectivity index (χ0v) is 17.4. The molecule has 0 unspecified atom stereocenters. The normalized spacial score (nSPS) is 10.2. The van der Waals surface area contributed by atoms with Crippen LogP contribution in [-0.4, -0.2) is 28.6 Å². The summed E-state index contributed by atoms with van der Waals surface area (Å²) in [6.45, 7) is 2.23. The SMILES string of the molecule is CCCCCCCCCCCC(=O)O.Nc1ccc(Cl)cc1.O=S(=O)(O)O. The molecule has 0 fully saturated rings. The van der Waals surface area contributed by atoms with Crippen LogP contribution in [0.3, 0.4) is 0 Å². The maximum atomic E-state index is 10.2. The van der Waals surface area contributed by atoms with Crippen molar-refractivity contribution < 1.29 is 27.4 Å². The van der Waals surface area contributed by atoms with Gasteiger partial charge < -0.3 is 10.8 Å². The van der Waals surface area contributed by atoms with Gasteiger partial charge in [-0.1, -0.05) is 69.9 Å². The van der Waals surface area contributed by atoms with Crippen molar-refractivity contribution in [2.75, 3.05) is 5.73 Å². The van der Waals surface area contributed by atoms with Crippen LogP contribution < -0.4 is 5.73 Å². The van der Waals surface area contributed by atoms with Crippen LogP contribution in [0.5, 0.6) is 0 Å². The smallest absolute Gasteiger partial charge is 0.394 e. The average Bonchev–Trinajstić information content (AvgIpc) is 2.55. The third kappa shape index (κ3) is 32.8. The lowest BCUT2D eigenvalue weighted by Crippen LogP contribution is -1.93. The summed E-state index contributed by atoms with van der Waals surface area (Å²) >= 11 is 5.56.